The van der Waals surface area contributed by atoms with Gasteiger partial charge in [0.2, 0.25) is 0 Å². The van der Waals surface area contributed by atoms with E-state index < -0.39 is 11.8 Å². The second-order valence-corrected chi connectivity index (χ2v) is 5.08. The van der Waals surface area contributed by atoms with Crippen LogP contribution in [-0.4, -0.2) is 20.5 Å². The number of hydrogen-bond donors (Lipinski definition) is 1. The molecule has 4 nitrogen and oxygen atoms in total. The SMILES string of the molecule is O=C(O)c1c(Cc2cccs2)nc2ccc(F)cn12. The molecular weight excluding hydrogens is 267 g/mol. The van der Waals surface area contributed by atoms with Crippen molar-refractivity contribution in [3.63, 3.8) is 0 Å². The summed E-state index contributed by atoms with van der Waals surface area (Å²) in [5, 5.41) is 11.2. The molecule has 0 aliphatic rings. The minimum atomic E-state index is -1.11. The third kappa shape index (κ3) is 2.10. The normalized spacial score (nSPS) is 11.0. The molecular formula is C13H9FN2O2S. The highest BCUT2D eigenvalue weighted by Crippen LogP contribution is 2.19. The highest BCUT2D eigenvalue weighted by molar-refractivity contribution is 7.09. The second-order valence-electron chi connectivity index (χ2n) is 4.04. The number of pyridine rings is 1. The van der Waals surface area contributed by atoms with Crippen LogP contribution in [0.4, 0.5) is 4.39 Å². The molecule has 6 heteroatoms. The second kappa shape index (κ2) is 4.47. The lowest BCUT2D eigenvalue weighted by Crippen LogP contribution is -2.05. The lowest BCUT2D eigenvalue weighted by atomic mass is 10.2. The summed E-state index contributed by atoms with van der Waals surface area (Å²) in [6, 6.07) is 6.55. The Balaban J connectivity index is 2.18. The van der Waals surface area contributed by atoms with Gasteiger partial charge in [0.25, 0.3) is 0 Å². The number of carboxylic acid groups (broad SMARTS) is 1. The first-order valence-corrected chi connectivity index (χ1v) is 6.45. The number of nitrogens with zero attached hydrogens (tertiary/aromatic N) is 2. The minimum absolute atomic E-state index is 0.0166. The quantitative estimate of drug-likeness (QED) is 0.800. The molecule has 3 heterocycles. The third-order valence-electron chi connectivity index (χ3n) is 2.78. The van der Waals surface area contributed by atoms with Crippen LogP contribution in [0.15, 0.2) is 35.8 Å². The summed E-state index contributed by atoms with van der Waals surface area (Å²) < 4.78 is 14.5. The highest BCUT2D eigenvalue weighted by atomic mass is 32.1. The number of fused-ring (bicyclic) bond motifs is 1. The molecule has 1 N–H and O–H groups in total. The number of aromatic carboxylic acids is 1. The predicted octanol–water partition coefficient (Wildman–Crippen LogP) is 2.82. The maximum atomic E-state index is 13.2. The summed E-state index contributed by atoms with van der Waals surface area (Å²) in [5.41, 5.74) is 0.897. The molecule has 0 radical (unpaired) electrons. The van der Waals surface area contributed by atoms with E-state index in [1.165, 1.54) is 27.9 Å². The number of aromatic nitrogens is 2. The zero-order valence-corrected chi connectivity index (χ0v) is 10.5. The lowest BCUT2D eigenvalue weighted by molar-refractivity contribution is 0.0688. The average Bonchev–Trinajstić information content (AvgIpc) is 2.96. The number of carbonyl (C=O) groups is 1. The Hall–Kier alpha value is -2.21. The first-order valence-electron chi connectivity index (χ1n) is 5.57. The van der Waals surface area contributed by atoms with Gasteiger partial charge in [0.05, 0.1) is 5.69 Å². The number of hydrogen-bond acceptors (Lipinski definition) is 3. The standard InChI is InChI=1S/C13H9FN2O2S/c14-8-3-4-11-15-10(6-9-2-1-5-19-9)12(13(17)18)16(11)7-8/h1-5,7H,6H2,(H,17,18). The van der Waals surface area contributed by atoms with E-state index in [9.17, 15) is 14.3 Å². The van der Waals surface area contributed by atoms with E-state index in [4.69, 9.17) is 0 Å². The van der Waals surface area contributed by atoms with Crippen molar-refractivity contribution in [2.24, 2.45) is 0 Å². The maximum absolute atomic E-state index is 13.2. The number of carboxylic acids is 1. The van der Waals surface area contributed by atoms with Crippen molar-refractivity contribution in [1.29, 1.82) is 0 Å². The van der Waals surface area contributed by atoms with Gasteiger partial charge in [0, 0.05) is 17.5 Å². The van der Waals surface area contributed by atoms with E-state index in [-0.39, 0.29) is 5.69 Å². The van der Waals surface area contributed by atoms with Gasteiger partial charge in [-0.3, -0.25) is 4.40 Å². The molecule has 19 heavy (non-hydrogen) atoms. The number of imidazole rings is 1. The molecule has 0 atom stereocenters. The van der Waals surface area contributed by atoms with E-state index in [1.54, 1.807) is 0 Å². The van der Waals surface area contributed by atoms with Crippen molar-refractivity contribution in [1.82, 2.24) is 9.38 Å². The lowest BCUT2D eigenvalue weighted by Gasteiger charge is -1.99. The molecule has 0 saturated carbocycles. The van der Waals surface area contributed by atoms with E-state index in [2.05, 4.69) is 4.98 Å². The molecule has 0 bridgehead atoms. The van der Waals surface area contributed by atoms with E-state index in [1.807, 2.05) is 17.5 Å². The van der Waals surface area contributed by atoms with Crippen LogP contribution in [-0.2, 0) is 6.42 Å². The van der Waals surface area contributed by atoms with Crippen molar-refractivity contribution in [2.45, 2.75) is 6.42 Å². The van der Waals surface area contributed by atoms with Crippen LogP contribution in [0.2, 0.25) is 0 Å². The molecule has 96 valence electrons. The smallest absolute Gasteiger partial charge is 0.354 e. The highest BCUT2D eigenvalue weighted by Gasteiger charge is 2.19. The van der Waals surface area contributed by atoms with Crippen LogP contribution in [0.5, 0.6) is 0 Å². The van der Waals surface area contributed by atoms with Crippen molar-refractivity contribution in [2.75, 3.05) is 0 Å². The van der Waals surface area contributed by atoms with Crippen LogP contribution >= 0.6 is 11.3 Å². The van der Waals surface area contributed by atoms with Crippen molar-refractivity contribution in [3.05, 3.63) is 57.9 Å². The third-order valence-corrected chi connectivity index (χ3v) is 3.66. The molecule has 3 aromatic rings. The first-order chi connectivity index (χ1) is 9.15. The van der Waals surface area contributed by atoms with Crippen LogP contribution in [0, 0.1) is 5.82 Å². The van der Waals surface area contributed by atoms with Crippen molar-refractivity contribution < 1.29 is 14.3 Å². The summed E-state index contributed by atoms with van der Waals surface area (Å²) in [6.07, 6.45) is 1.58. The Kier molecular flexibility index (Phi) is 2.79. The van der Waals surface area contributed by atoms with Gasteiger partial charge in [-0.1, -0.05) is 6.07 Å². The molecule has 0 fully saturated rings. The number of thiophene rings is 1. The molecule has 3 rings (SSSR count). The molecule has 0 unspecified atom stereocenters. The molecule has 3 aromatic heterocycles. The van der Waals surface area contributed by atoms with Gasteiger partial charge in [-0.15, -0.1) is 11.3 Å². The first kappa shape index (κ1) is 11.9. The molecule has 0 spiro atoms. The topological polar surface area (TPSA) is 54.6 Å². The number of rotatable bonds is 3. The molecule has 0 amide bonds. The van der Waals surface area contributed by atoms with Gasteiger partial charge in [0.1, 0.15) is 11.5 Å². The number of halogens is 1. The molecule has 0 aromatic carbocycles. The maximum Gasteiger partial charge on any atom is 0.354 e. The van der Waals surface area contributed by atoms with Crippen LogP contribution in [0.3, 0.4) is 0 Å². The predicted molar refractivity (Wildman–Crippen MR) is 69.2 cm³/mol. The summed E-state index contributed by atoms with van der Waals surface area (Å²) in [6.45, 7) is 0. The summed E-state index contributed by atoms with van der Waals surface area (Å²) in [4.78, 5) is 16.6. The van der Waals surface area contributed by atoms with E-state index in [0.29, 0.717) is 17.8 Å². The Bertz CT molecular complexity index is 749. The Labute approximate surface area is 111 Å². The van der Waals surface area contributed by atoms with Crippen molar-refractivity contribution in [3.8, 4) is 0 Å². The van der Waals surface area contributed by atoms with Gasteiger partial charge < -0.3 is 5.11 Å². The molecule has 0 saturated heterocycles. The Morgan fingerprint density at radius 2 is 2.26 bits per heavy atom. The Morgan fingerprint density at radius 3 is 2.95 bits per heavy atom. The van der Waals surface area contributed by atoms with Crippen molar-refractivity contribution >= 4 is 23.0 Å². The van der Waals surface area contributed by atoms with Gasteiger partial charge in [-0.25, -0.2) is 14.2 Å². The molecule has 0 aliphatic carbocycles. The summed E-state index contributed by atoms with van der Waals surface area (Å²) in [7, 11) is 0. The van der Waals surface area contributed by atoms with E-state index in [0.717, 1.165) is 11.1 Å². The fourth-order valence-corrected chi connectivity index (χ4v) is 2.70. The fourth-order valence-electron chi connectivity index (χ4n) is 2.00. The van der Waals surface area contributed by atoms with Gasteiger partial charge in [-0.2, -0.15) is 0 Å². The summed E-state index contributed by atoms with van der Waals surface area (Å²) in [5.74, 6) is -1.60. The summed E-state index contributed by atoms with van der Waals surface area (Å²) >= 11 is 1.53. The monoisotopic (exact) mass is 276 g/mol. The van der Waals surface area contributed by atoms with Gasteiger partial charge in [0.15, 0.2) is 5.69 Å². The largest absolute Gasteiger partial charge is 0.477 e. The minimum Gasteiger partial charge on any atom is -0.477 e. The zero-order chi connectivity index (χ0) is 13.4. The van der Waals surface area contributed by atoms with E-state index >= 15 is 0 Å². The fraction of sp³-hybridized carbons (Fsp3) is 0.0769. The Morgan fingerprint density at radius 1 is 1.42 bits per heavy atom. The zero-order valence-electron chi connectivity index (χ0n) is 9.71. The average molecular weight is 276 g/mol. The van der Waals surface area contributed by atoms with Gasteiger partial charge >= 0.3 is 5.97 Å². The molecule has 0 aliphatic heterocycles. The van der Waals surface area contributed by atoms with Crippen LogP contribution in [0.25, 0.3) is 5.65 Å². The van der Waals surface area contributed by atoms with Crippen LogP contribution in [0.1, 0.15) is 21.1 Å². The van der Waals surface area contributed by atoms with Gasteiger partial charge in [-0.05, 0) is 23.6 Å². The van der Waals surface area contributed by atoms with Crippen LogP contribution < -0.4 is 0 Å².